The second kappa shape index (κ2) is 8.70. The Bertz CT molecular complexity index is 961. The van der Waals surface area contributed by atoms with Crippen molar-refractivity contribution in [2.75, 3.05) is 38.2 Å². The Labute approximate surface area is 169 Å². The first kappa shape index (κ1) is 20.3. The van der Waals surface area contributed by atoms with E-state index < -0.39 is 0 Å². The number of carbonyl (C=O) groups excluding carboxylic acids is 1. The number of aryl methyl sites for hydroxylation is 2. The Morgan fingerprint density at radius 3 is 2.57 bits per heavy atom. The lowest BCUT2D eigenvalue weighted by atomic mass is 10.2. The van der Waals surface area contributed by atoms with Crippen molar-refractivity contribution >= 4 is 32.6 Å². The quantitative estimate of drug-likeness (QED) is 0.579. The van der Waals surface area contributed by atoms with Crippen LogP contribution >= 0.6 is 11.3 Å². The van der Waals surface area contributed by atoms with Crippen LogP contribution in [0.5, 0.6) is 5.75 Å². The number of rotatable bonds is 8. The number of thiazole rings is 1. The van der Waals surface area contributed by atoms with Gasteiger partial charge in [-0.05, 0) is 37.7 Å². The molecule has 0 saturated heterocycles. The van der Waals surface area contributed by atoms with E-state index in [4.69, 9.17) is 9.72 Å². The number of fused-ring (bicyclic) bond motifs is 1. The largest absolute Gasteiger partial charge is 0.494 e. The van der Waals surface area contributed by atoms with Gasteiger partial charge >= 0.3 is 0 Å². The summed E-state index contributed by atoms with van der Waals surface area (Å²) in [5.74, 6) is 0.627. The third-order valence-corrected chi connectivity index (χ3v) is 6.18. The second-order valence-corrected chi connectivity index (χ2v) is 7.56. The topological polar surface area (TPSA) is 63.5 Å². The molecule has 28 heavy (non-hydrogen) atoms. The van der Waals surface area contributed by atoms with Crippen molar-refractivity contribution in [2.45, 2.75) is 20.8 Å². The Morgan fingerprint density at radius 1 is 1.21 bits per heavy atom. The van der Waals surface area contributed by atoms with Crippen LogP contribution in [-0.4, -0.2) is 58.9 Å². The molecule has 0 unspecified atom stereocenters. The number of hydrogen-bond donors (Lipinski definition) is 0. The van der Waals surface area contributed by atoms with E-state index in [0.29, 0.717) is 17.4 Å². The summed E-state index contributed by atoms with van der Waals surface area (Å²) in [5.41, 5.74) is 2.46. The highest BCUT2D eigenvalue weighted by molar-refractivity contribution is 7.22. The van der Waals surface area contributed by atoms with Crippen molar-refractivity contribution in [3.8, 4) is 5.75 Å². The molecule has 0 saturated carbocycles. The second-order valence-electron chi connectivity index (χ2n) is 6.58. The summed E-state index contributed by atoms with van der Waals surface area (Å²) in [6.07, 6.45) is 1.64. The normalized spacial score (nSPS) is 11.4. The van der Waals surface area contributed by atoms with Gasteiger partial charge in [-0.25, -0.2) is 4.98 Å². The summed E-state index contributed by atoms with van der Waals surface area (Å²) in [5, 5.41) is 4.83. The third kappa shape index (κ3) is 3.88. The fourth-order valence-electron chi connectivity index (χ4n) is 3.17. The average Bonchev–Trinajstić information content (AvgIpc) is 3.32. The third-order valence-electron chi connectivity index (χ3n) is 4.96. The fraction of sp³-hybridized carbons (Fsp3) is 0.450. The van der Waals surface area contributed by atoms with Crippen molar-refractivity contribution in [2.24, 2.45) is 7.05 Å². The Morgan fingerprint density at radius 2 is 1.96 bits per heavy atom. The number of anilines is 1. The van der Waals surface area contributed by atoms with Crippen LogP contribution in [0.25, 0.3) is 10.2 Å². The van der Waals surface area contributed by atoms with Crippen molar-refractivity contribution in [3.05, 3.63) is 35.7 Å². The number of aromatic nitrogens is 3. The zero-order valence-corrected chi connectivity index (χ0v) is 17.9. The first-order chi connectivity index (χ1) is 13.5. The number of hydrogen-bond acceptors (Lipinski definition) is 6. The van der Waals surface area contributed by atoms with Crippen LogP contribution in [0.1, 0.15) is 29.9 Å². The van der Waals surface area contributed by atoms with E-state index >= 15 is 0 Å². The van der Waals surface area contributed by atoms with Gasteiger partial charge in [0.1, 0.15) is 17.0 Å². The minimum absolute atomic E-state index is 0.0946. The molecule has 0 radical (unpaired) electrons. The van der Waals surface area contributed by atoms with Gasteiger partial charge in [-0.2, -0.15) is 5.10 Å². The number of nitrogens with zero attached hydrogens (tertiary/aromatic N) is 5. The molecule has 0 N–H and O–H groups in total. The highest BCUT2D eigenvalue weighted by Gasteiger charge is 2.25. The number of amides is 1. The maximum atomic E-state index is 13.3. The van der Waals surface area contributed by atoms with E-state index in [1.54, 1.807) is 36.0 Å². The smallest absolute Gasteiger partial charge is 0.278 e. The summed E-state index contributed by atoms with van der Waals surface area (Å²) in [6, 6.07) is 5.68. The van der Waals surface area contributed by atoms with Crippen LogP contribution in [0.15, 0.2) is 24.4 Å². The van der Waals surface area contributed by atoms with E-state index in [9.17, 15) is 4.79 Å². The molecule has 0 bridgehead atoms. The van der Waals surface area contributed by atoms with Crippen molar-refractivity contribution in [3.63, 3.8) is 0 Å². The number of likely N-dealkylation sites (N-methyl/N-ethyl adjacent to an activating group) is 1. The maximum Gasteiger partial charge on any atom is 0.278 e. The van der Waals surface area contributed by atoms with Crippen LogP contribution in [0.3, 0.4) is 0 Å². The maximum absolute atomic E-state index is 13.3. The summed E-state index contributed by atoms with van der Waals surface area (Å²) in [4.78, 5) is 22.2. The minimum Gasteiger partial charge on any atom is -0.494 e. The lowest BCUT2D eigenvalue weighted by Crippen LogP contribution is -2.39. The molecule has 0 atom stereocenters. The molecule has 3 aromatic rings. The van der Waals surface area contributed by atoms with Gasteiger partial charge in [0.2, 0.25) is 0 Å². The lowest BCUT2D eigenvalue weighted by molar-refractivity contribution is 0.0974. The summed E-state index contributed by atoms with van der Waals surface area (Å²) >= 11 is 1.53. The van der Waals surface area contributed by atoms with Gasteiger partial charge in [-0.1, -0.05) is 31.3 Å². The predicted octanol–water partition coefficient (Wildman–Crippen LogP) is 3.34. The van der Waals surface area contributed by atoms with Gasteiger partial charge < -0.3 is 9.64 Å². The van der Waals surface area contributed by atoms with Crippen LogP contribution < -0.4 is 9.64 Å². The fourth-order valence-corrected chi connectivity index (χ4v) is 4.24. The molecule has 8 heteroatoms. The molecule has 2 heterocycles. The monoisotopic (exact) mass is 401 g/mol. The molecule has 2 aromatic heterocycles. The van der Waals surface area contributed by atoms with Crippen molar-refractivity contribution in [1.82, 2.24) is 19.7 Å². The van der Waals surface area contributed by atoms with Crippen molar-refractivity contribution < 1.29 is 9.53 Å². The number of methoxy groups -OCH3 is 1. The van der Waals surface area contributed by atoms with E-state index in [1.807, 2.05) is 19.1 Å². The SMILES string of the molecule is CCN(CC)CCN(C(=O)c1ccnn1C)c1nc2c(OC)ccc(C)c2s1. The molecule has 0 aliphatic rings. The lowest BCUT2D eigenvalue weighted by Gasteiger charge is -2.24. The summed E-state index contributed by atoms with van der Waals surface area (Å²) in [7, 11) is 3.42. The van der Waals surface area contributed by atoms with E-state index in [0.717, 1.165) is 41.2 Å². The van der Waals surface area contributed by atoms with Crippen molar-refractivity contribution in [1.29, 1.82) is 0 Å². The molecular formula is C20H27N5O2S. The van der Waals surface area contributed by atoms with Gasteiger partial charge in [0, 0.05) is 26.3 Å². The zero-order valence-electron chi connectivity index (χ0n) is 17.1. The number of ether oxygens (including phenoxy) is 1. The first-order valence-corrected chi connectivity index (χ1v) is 10.3. The van der Waals surface area contributed by atoms with Crippen LogP contribution in [0.4, 0.5) is 5.13 Å². The van der Waals surface area contributed by atoms with Gasteiger partial charge in [-0.3, -0.25) is 14.4 Å². The van der Waals surface area contributed by atoms with Gasteiger partial charge in [0.25, 0.3) is 5.91 Å². The van der Waals surface area contributed by atoms with Gasteiger partial charge in [0.15, 0.2) is 5.13 Å². The molecule has 7 nitrogen and oxygen atoms in total. The highest BCUT2D eigenvalue weighted by Crippen LogP contribution is 2.36. The van der Waals surface area contributed by atoms with Crippen LogP contribution in [0.2, 0.25) is 0 Å². The van der Waals surface area contributed by atoms with Gasteiger partial charge in [-0.15, -0.1) is 0 Å². The Balaban J connectivity index is 2.03. The predicted molar refractivity (Wildman–Crippen MR) is 114 cm³/mol. The number of carbonyl (C=O) groups is 1. The molecular weight excluding hydrogens is 374 g/mol. The Hall–Kier alpha value is -2.45. The minimum atomic E-state index is -0.0946. The van der Waals surface area contributed by atoms with Crippen LogP contribution in [-0.2, 0) is 7.05 Å². The van der Waals surface area contributed by atoms with E-state index in [2.05, 4.69) is 23.8 Å². The highest BCUT2D eigenvalue weighted by atomic mass is 32.1. The summed E-state index contributed by atoms with van der Waals surface area (Å²) in [6.45, 7) is 9.53. The molecule has 0 aliphatic carbocycles. The van der Waals surface area contributed by atoms with E-state index in [1.165, 1.54) is 11.3 Å². The van der Waals surface area contributed by atoms with Gasteiger partial charge in [0.05, 0.1) is 11.8 Å². The average molecular weight is 402 g/mol. The zero-order chi connectivity index (χ0) is 20.3. The first-order valence-electron chi connectivity index (χ1n) is 9.46. The molecule has 3 rings (SSSR count). The molecule has 0 spiro atoms. The molecule has 1 aromatic carbocycles. The molecule has 0 aliphatic heterocycles. The standard InChI is InChI=1S/C20H27N5O2S/c1-6-24(7-2)12-13-25(19(26)15-10-11-21-23(15)4)20-22-17-16(27-5)9-8-14(3)18(17)28-20/h8-11H,6-7,12-13H2,1-5H3. The molecule has 1 amide bonds. The van der Waals surface area contributed by atoms with Crippen LogP contribution in [0, 0.1) is 6.92 Å². The summed E-state index contributed by atoms with van der Waals surface area (Å²) < 4.78 is 8.12. The van der Waals surface area contributed by atoms with E-state index in [-0.39, 0.29) is 5.91 Å². The number of benzene rings is 1. The molecule has 150 valence electrons. The molecule has 0 fully saturated rings. The Kier molecular flexibility index (Phi) is 6.31.